The number of anilines is 1. The molecule has 0 bridgehead atoms. The zero-order chi connectivity index (χ0) is 15.2. The summed E-state index contributed by atoms with van der Waals surface area (Å²) in [5.41, 5.74) is 1.52. The minimum Gasteiger partial charge on any atom is -0.381 e. The minimum absolute atomic E-state index is 0.375. The fraction of sp³-hybridized carbons (Fsp3) is 0.588. The molecular weight excluding hydrogens is 282 g/mol. The zero-order valence-corrected chi connectivity index (χ0v) is 13.7. The van der Waals surface area contributed by atoms with Gasteiger partial charge in [-0.3, -0.25) is 0 Å². The molecule has 0 radical (unpaired) electrons. The summed E-state index contributed by atoms with van der Waals surface area (Å²) in [4.78, 5) is 2.55. The first kappa shape index (κ1) is 16.1. The molecule has 1 aliphatic rings. The van der Waals surface area contributed by atoms with Crippen LogP contribution in [-0.4, -0.2) is 30.6 Å². The van der Waals surface area contributed by atoms with Crippen molar-refractivity contribution in [1.29, 1.82) is 5.26 Å². The Kier molecular flexibility index (Phi) is 5.90. The quantitative estimate of drug-likeness (QED) is 0.889. The Morgan fingerprint density at radius 3 is 2.76 bits per heavy atom. The molecule has 2 rings (SSSR count). The average molecular weight is 306 g/mol. The maximum Gasteiger partial charge on any atom is 0.0992 e. The molecule has 1 aliphatic heterocycles. The van der Waals surface area contributed by atoms with Gasteiger partial charge in [-0.05, 0) is 69.9 Å². The molecule has 0 saturated carbocycles. The average Bonchev–Trinajstić information content (AvgIpc) is 2.50. The second-order valence-corrected chi connectivity index (χ2v) is 6.33. The van der Waals surface area contributed by atoms with Gasteiger partial charge in [0.25, 0.3) is 0 Å². The fourth-order valence-electron chi connectivity index (χ4n) is 3.06. The Morgan fingerprint density at radius 1 is 1.43 bits per heavy atom. The number of nitrogens with one attached hydrogen (secondary N) is 1. The molecule has 1 unspecified atom stereocenters. The summed E-state index contributed by atoms with van der Waals surface area (Å²) in [6.07, 6.45) is 3.68. The molecule has 0 spiro atoms. The van der Waals surface area contributed by atoms with Crippen molar-refractivity contribution in [2.75, 3.05) is 25.0 Å². The van der Waals surface area contributed by atoms with Gasteiger partial charge in [-0.25, -0.2) is 0 Å². The number of piperidine rings is 1. The van der Waals surface area contributed by atoms with Gasteiger partial charge in [0.1, 0.15) is 0 Å². The Morgan fingerprint density at radius 2 is 2.14 bits per heavy atom. The smallest absolute Gasteiger partial charge is 0.0992 e. The molecule has 1 N–H and O–H groups in total. The van der Waals surface area contributed by atoms with Crippen LogP contribution in [0.5, 0.6) is 0 Å². The number of benzene rings is 1. The van der Waals surface area contributed by atoms with Crippen LogP contribution in [0, 0.1) is 17.2 Å². The Labute approximate surface area is 132 Å². The Bertz CT molecular complexity index is 501. The van der Waals surface area contributed by atoms with E-state index in [0.717, 1.165) is 5.69 Å². The van der Waals surface area contributed by atoms with E-state index >= 15 is 0 Å². The summed E-state index contributed by atoms with van der Waals surface area (Å²) in [5, 5.41) is 13.2. The van der Waals surface area contributed by atoms with Crippen LogP contribution in [0.1, 0.15) is 38.7 Å². The Balaban J connectivity index is 1.93. The third kappa shape index (κ3) is 4.36. The van der Waals surface area contributed by atoms with E-state index in [1.165, 1.54) is 38.9 Å². The Hall–Kier alpha value is -1.24. The van der Waals surface area contributed by atoms with Crippen molar-refractivity contribution in [2.45, 2.75) is 39.2 Å². The van der Waals surface area contributed by atoms with E-state index in [1.54, 1.807) is 12.1 Å². The van der Waals surface area contributed by atoms with Crippen LogP contribution in [0.15, 0.2) is 18.2 Å². The molecule has 21 heavy (non-hydrogen) atoms. The van der Waals surface area contributed by atoms with Crippen molar-refractivity contribution in [3.63, 3.8) is 0 Å². The highest BCUT2D eigenvalue weighted by Crippen LogP contribution is 2.27. The lowest BCUT2D eigenvalue weighted by molar-refractivity contribution is 0.176. The normalized spacial score (nSPS) is 18.2. The molecule has 1 aromatic rings. The van der Waals surface area contributed by atoms with E-state index in [4.69, 9.17) is 16.9 Å². The van der Waals surface area contributed by atoms with Crippen LogP contribution >= 0.6 is 11.6 Å². The van der Waals surface area contributed by atoms with Gasteiger partial charge in [-0.2, -0.15) is 5.26 Å². The number of rotatable bonds is 5. The van der Waals surface area contributed by atoms with E-state index < -0.39 is 0 Å². The van der Waals surface area contributed by atoms with Crippen LogP contribution in [0.3, 0.4) is 0 Å². The number of hydrogen-bond acceptors (Lipinski definition) is 3. The third-order valence-electron chi connectivity index (χ3n) is 4.36. The summed E-state index contributed by atoms with van der Waals surface area (Å²) < 4.78 is 0. The second-order valence-electron chi connectivity index (χ2n) is 5.92. The van der Waals surface area contributed by atoms with Crippen LogP contribution in [-0.2, 0) is 0 Å². The molecule has 1 saturated heterocycles. The highest BCUT2D eigenvalue weighted by Gasteiger charge is 2.23. The van der Waals surface area contributed by atoms with Crippen molar-refractivity contribution >= 4 is 17.3 Å². The van der Waals surface area contributed by atoms with Crippen LogP contribution in [0.4, 0.5) is 5.69 Å². The van der Waals surface area contributed by atoms with Crippen molar-refractivity contribution in [3.8, 4) is 6.07 Å². The highest BCUT2D eigenvalue weighted by atomic mass is 35.5. The molecule has 1 aromatic carbocycles. The molecule has 1 atom stereocenters. The van der Waals surface area contributed by atoms with Crippen LogP contribution < -0.4 is 5.32 Å². The van der Waals surface area contributed by atoms with Gasteiger partial charge in [-0.15, -0.1) is 0 Å². The molecular formula is C17H24ClN3. The zero-order valence-electron chi connectivity index (χ0n) is 12.9. The summed E-state index contributed by atoms with van der Waals surface area (Å²) in [6, 6.07) is 7.92. The van der Waals surface area contributed by atoms with E-state index in [9.17, 15) is 0 Å². The predicted octanol–water partition coefficient (Wildman–Crippen LogP) is 4.13. The van der Waals surface area contributed by atoms with Crippen molar-refractivity contribution in [3.05, 3.63) is 28.8 Å². The van der Waals surface area contributed by atoms with Crippen molar-refractivity contribution < 1.29 is 0 Å². The first-order valence-electron chi connectivity index (χ1n) is 7.82. The fourth-order valence-corrected chi connectivity index (χ4v) is 3.23. The summed E-state index contributed by atoms with van der Waals surface area (Å²) in [5.74, 6) is 0.667. The summed E-state index contributed by atoms with van der Waals surface area (Å²) >= 11 is 6.22. The molecule has 0 aliphatic carbocycles. The maximum absolute atomic E-state index is 8.99. The first-order valence-corrected chi connectivity index (χ1v) is 8.20. The van der Waals surface area contributed by atoms with Crippen LogP contribution in [0.25, 0.3) is 0 Å². The lowest BCUT2D eigenvalue weighted by Gasteiger charge is -2.35. The van der Waals surface area contributed by atoms with Crippen molar-refractivity contribution in [1.82, 2.24) is 4.90 Å². The molecule has 3 nitrogen and oxygen atoms in total. The van der Waals surface area contributed by atoms with Gasteiger partial charge in [0, 0.05) is 6.04 Å². The molecule has 114 valence electrons. The van der Waals surface area contributed by atoms with Gasteiger partial charge in [0.2, 0.25) is 0 Å². The van der Waals surface area contributed by atoms with Gasteiger partial charge in [0.05, 0.1) is 22.3 Å². The SMILES string of the molecule is CCCN1CCC(C(C)Nc2cc(C#N)ccc2Cl)CC1. The molecule has 1 fully saturated rings. The van der Waals surface area contributed by atoms with E-state index in [0.29, 0.717) is 22.5 Å². The van der Waals surface area contributed by atoms with E-state index in [1.807, 2.05) is 6.07 Å². The first-order chi connectivity index (χ1) is 10.1. The van der Waals surface area contributed by atoms with E-state index in [2.05, 4.69) is 30.1 Å². The van der Waals surface area contributed by atoms with E-state index in [-0.39, 0.29) is 0 Å². The third-order valence-corrected chi connectivity index (χ3v) is 4.69. The second kappa shape index (κ2) is 7.68. The number of likely N-dealkylation sites (tertiary alicyclic amines) is 1. The summed E-state index contributed by atoms with van der Waals surface area (Å²) in [7, 11) is 0. The van der Waals surface area contributed by atoms with Gasteiger partial charge in [0.15, 0.2) is 0 Å². The summed E-state index contributed by atoms with van der Waals surface area (Å²) in [6.45, 7) is 8.05. The molecule has 4 heteroatoms. The van der Waals surface area contributed by atoms with Crippen molar-refractivity contribution in [2.24, 2.45) is 5.92 Å². The number of halogens is 1. The lowest BCUT2D eigenvalue weighted by Crippen LogP contribution is -2.39. The maximum atomic E-state index is 8.99. The van der Waals surface area contributed by atoms with Crippen LogP contribution in [0.2, 0.25) is 5.02 Å². The molecule has 1 heterocycles. The van der Waals surface area contributed by atoms with Gasteiger partial charge in [-0.1, -0.05) is 18.5 Å². The molecule has 0 amide bonds. The largest absolute Gasteiger partial charge is 0.381 e. The minimum atomic E-state index is 0.375. The highest BCUT2D eigenvalue weighted by molar-refractivity contribution is 6.33. The monoisotopic (exact) mass is 305 g/mol. The lowest BCUT2D eigenvalue weighted by atomic mass is 9.90. The number of nitrogens with zero attached hydrogens (tertiary/aromatic N) is 2. The molecule has 0 aromatic heterocycles. The standard InChI is InChI=1S/C17H24ClN3/c1-3-8-21-9-6-15(7-10-21)13(2)20-17-11-14(12-19)4-5-16(17)18/h4-5,11,13,15,20H,3,6-10H2,1-2H3. The number of hydrogen-bond donors (Lipinski definition) is 1. The van der Waals surface area contributed by atoms with Gasteiger partial charge < -0.3 is 10.2 Å². The van der Waals surface area contributed by atoms with Gasteiger partial charge >= 0.3 is 0 Å². The predicted molar refractivity (Wildman–Crippen MR) is 88.7 cm³/mol. The topological polar surface area (TPSA) is 39.1 Å². The number of nitriles is 1.